The molecule has 0 aromatic heterocycles. The molecule has 4 aliphatic rings. The highest BCUT2D eigenvalue weighted by molar-refractivity contribution is 4.98. The lowest BCUT2D eigenvalue weighted by Gasteiger charge is -2.55. The maximum absolute atomic E-state index is 2.81. The summed E-state index contributed by atoms with van der Waals surface area (Å²) in [7, 11) is 0. The van der Waals surface area contributed by atoms with E-state index in [0.717, 1.165) is 12.1 Å². The Kier molecular flexibility index (Phi) is 6.99. The van der Waals surface area contributed by atoms with E-state index in [4.69, 9.17) is 0 Å². The standard InChI is InChI=1S/C23H45N5/c1-4-21(3)27-10-6-22(7-11-27)28-16-14-25(15-17-28)20-26-18-23(19-26)8-12-24(5-2)13-9-23/h21-22H,4-20H2,1-3H3. The van der Waals surface area contributed by atoms with Gasteiger partial charge in [-0.3, -0.25) is 14.7 Å². The third-order valence-electron chi connectivity index (χ3n) is 8.52. The Balaban J connectivity index is 1.13. The number of rotatable bonds is 6. The van der Waals surface area contributed by atoms with Crippen molar-refractivity contribution in [2.24, 2.45) is 5.41 Å². The first-order valence-electron chi connectivity index (χ1n) is 12.3. The van der Waals surface area contributed by atoms with Crippen LogP contribution in [0.5, 0.6) is 0 Å². The van der Waals surface area contributed by atoms with Gasteiger partial charge in [0.2, 0.25) is 0 Å². The number of nitrogens with zero attached hydrogens (tertiary/aromatic N) is 5. The van der Waals surface area contributed by atoms with Gasteiger partial charge in [0.15, 0.2) is 0 Å². The van der Waals surface area contributed by atoms with E-state index in [0.29, 0.717) is 5.41 Å². The predicted octanol–water partition coefficient (Wildman–Crippen LogP) is 2.24. The van der Waals surface area contributed by atoms with Gasteiger partial charge in [-0.25, -0.2) is 0 Å². The third-order valence-corrected chi connectivity index (χ3v) is 8.52. The van der Waals surface area contributed by atoms with Gasteiger partial charge >= 0.3 is 0 Å². The van der Waals surface area contributed by atoms with Crippen LogP contribution in [0.25, 0.3) is 0 Å². The van der Waals surface area contributed by atoms with Crippen LogP contribution in [-0.2, 0) is 0 Å². The van der Waals surface area contributed by atoms with Gasteiger partial charge in [-0.1, -0.05) is 13.8 Å². The van der Waals surface area contributed by atoms with Crippen molar-refractivity contribution in [1.29, 1.82) is 0 Å². The van der Waals surface area contributed by atoms with E-state index in [1.54, 1.807) is 0 Å². The molecule has 5 nitrogen and oxygen atoms in total. The molecule has 0 saturated carbocycles. The van der Waals surface area contributed by atoms with Crippen molar-refractivity contribution >= 4 is 0 Å². The first-order valence-corrected chi connectivity index (χ1v) is 12.3. The summed E-state index contributed by atoms with van der Waals surface area (Å²) in [5.74, 6) is 0. The molecule has 0 aromatic carbocycles. The van der Waals surface area contributed by atoms with Crippen LogP contribution >= 0.6 is 0 Å². The van der Waals surface area contributed by atoms with Gasteiger partial charge in [0.05, 0.1) is 6.67 Å². The van der Waals surface area contributed by atoms with Gasteiger partial charge in [0.1, 0.15) is 0 Å². The molecule has 0 radical (unpaired) electrons. The molecule has 0 N–H and O–H groups in total. The first-order chi connectivity index (χ1) is 13.6. The van der Waals surface area contributed by atoms with Crippen molar-refractivity contribution in [2.45, 2.75) is 65.0 Å². The summed E-state index contributed by atoms with van der Waals surface area (Å²) < 4.78 is 0. The molecular weight excluding hydrogens is 346 g/mol. The van der Waals surface area contributed by atoms with Gasteiger partial charge in [-0.2, -0.15) is 0 Å². The van der Waals surface area contributed by atoms with Crippen molar-refractivity contribution in [1.82, 2.24) is 24.5 Å². The SMILES string of the molecule is CCC(C)N1CCC(N2CCN(CN3CC4(CCN(CC)CC4)C3)CC2)CC1. The van der Waals surface area contributed by atoms with Crippen molar-refractivity contribution < 1.29 is 0 Å². The lowest BCUT2D eigenvalue weighted by molar-refractivity contribution is -0.0776. The van der Waals surface area contributed by atoms with Crippen LogP contribution in [0.15, 0.2) is 0 Å². The second-order valence-electron chi connectivity index (χ2n) is 10.2. The van der Waals surface area contributed by atoms with Crippen LogP contribution in [0.3, 0.4) is 0 Å². The average Bonchev–Trinajstić information content (AvgIpc) is 2.73. The normalized spacial score (nSPS) is 30.5. The van der Waals surface area contributed by atoms with E-state index >= 15 is 0 Å². The second kappa shape index (κ2) is 9.30. The van der Waals surface area contributed by atoms with Crippen molar-refractivity contribution in [2.75, 3.05) is 78.7 Å². The van der Waals surface area contributed by atoms with Gasteiger partial charge < -0.3 is 9.80 Å². The first kappa shape index (κ1) is 21.0. The fraction of sp³-hybridized carbons (Fsp3) is 1.00. The molecule has 0 amide bonds. The lowest BCUT2D eigenvalue weighted by atomic mass is 9.72. The van der Waals surface area contributed by atoms with Gasteiger partial charge in [0, 0.05) is 51.4 Å². The summed E-state index contributed by atoms with van der Waals surface area (Å²) in [5.41, 5.74) is 0.678. The number of hydrogen-bond acceptors (Lipinski definition) is 5. The van der Waals surface area contributed by atoms with E-state index in [9.17, 15) is 0 Å². The fourth-order valence-corrected chi connectivity index (χ4v) is 6.16. The van der Waals surface area contributed by atoms with E-state index in [-0.39, 0.29) is 0 Å². The Hall–Kier alpha value is -0.200. The number of piperazine rings is 1. The van der Waals surface area contributed by atoms with Gasteiger partial charge in [-0.15, -0.1) is 0 Å². The number of likely N-dealkylation sites (tertiary alicyclic amines) is 3. The Bertz CT molecular complexity index is 465. The average molecular weight is 392 g/mol. The van der Waals surface area contributed by atoms with Crippen molar-refractivity contribution in [3.05, 3.63) is 0 Å². The molecule has 0 aliphatic carbocycles. The second-order valence-corrected chi connectivity index (χ2v) is 10.2. The summed E-state index contributed by atoms with van der Waals surface area (Å²) in [6.07, 6.45) is 6.92. The molecule has 4 aliphatic heterocycles. The lowest BCUT2D eigenvalue weighted by Crippen LogP contribution is -2.63. The highest BCUT2D eigenvalue weighted by Gasteiger charge is 2.44. The van der Waals surface area contributed by atoms with Crippen LogP contribution in [-0.4, -0.2) is 115 Å². The summed E-state index contributed by atoms with van der Waals surface area (Å²) >= 11 is 0. The molecule has 162 valence electrons. The molecule has 5 heteroatoms. The number of piperidine rings is 2. The highest BCUT2D eigenvalue weighted by atomic mass is 15.4. The molecule has 4 saturated heterocycles. The largest absolute Gasteiger partial charge is 0.304 e. The minimum absolute atomic E-state index is 0.678. The summed E-state index contributed by atoms with van der Waals surface area (Å²) in [4.78, 5) is 13.6. The van der Waals surface area contributed by atoms with E-state index in [1.807, 2.05) is 0 Å². The van der Waals surface area contributed by atoms with E-state index < -0.39 is 0 Å². The Morgan fingerprint density at radius 2 is 1.43 bits per heavy atom. The van der Waals surface area contributed by atoms with Crippen LogP contribution in [0.1, 0.15) is 52.9 Å². The summed E-state index contributed by atoms with van der Waals surface area (Å²) in [5, 5.41) is 0. The molecule has 0 bridgehead atoms. The maximum Gasteiger partial charge on any atom is 0.0507 e. The fourth-order valence-electron chi connectivity index (χ4n) is 6.16. The molecule has 1 spiro atoms. The van der Waals surface area contributed by atoms with Crippen LogP contribution in [0.4, 0.5) is 0 Å². The third kappa shape index (κ3) is 4.75. The smallest absolute Gasteiger partial charge is 0.0507 e. The molecular formula is C23H45N5. The zero-order valence-electron chi connectivity index (χ0n) is 18.9. The summed E-state index contributed by atoms with van der Waals surface area (Å²) in [6.45, 7) is 22.6. The van der Waals surface area contributed by atoms with Crippen LogP contribution in [0.2, 0.25) is 0 Å². The monoisotopic (exact) mass is 391 g/mol. The van der Waals surface area contributed by atoms with Crippen molar-refractivity contribution in [3.63, 3.8) is 0 Å². The Labute approximate surface area is 174 Å². The van der Waals surface area contributed by atoms with Crippen LogP contribution in [0, 0.1) is 5.41 Å². The quantitative estimate of drug-likeness (QED) is 0.688. The molecule has 4 heterocycles. The molecule has 0 aromatic rings. The minimum atomic E-state index is 0.678. The highest BCUT2D eigenvalue weighted by Crippen LogP contribution is 2.40. The van der Waals surface area contributed by atoms with E-state index in [1.165, 1.54) is 111 Å². The molecule has 28 heavy (non-hydrogen) atoms. The minimum Gasteiger partial charge on any atom is -0.304 e. The van der Waals surface area contributed by atoms with Crippen molar-refractivity contribution in [3.8, 4) is 0 Å². The Morgan fingerprint density at radius 3 is 2.00 bits per heavy atom. The number of hydrogen-bond donors (Lipinski definition) is 0. The zero-order chi connectivity index (χ0) is 19.6. The van der Waals surface area contributed by atoms with Gasteiger partial charge in [0.25, 0.3) is 0 Å². The molecule has 1 atom stereocenters. The maximum atomic E-state index is 2.81. The molecule has 4 fully saturated rings. The molecule has 4 rings (SSSR count). The molecule has 1 unspecified atom stereocenters. The predicted molar refractivity (Wildman–Crippen MR) is 118 cm³/mol. The summed E-state index contributed by atoms with van der Waals surface area (Å²) in [6, 6.07) is 1.62. The Morgan fingerprint density at radius 1 is 0.786 bits per heavy atom. The zero-order valence-corrected chi connectivity index (χ0v) is 18.9. The van der Waals surface area contributed by atoms with Gasteiger partial charge in [-0.05, 0) is 77.2 Å². The van der Waals surface area contributed by atoms with Crippen LogP contribution < -0.4 is 0 Å². The topological polar surface area (TPSA) is 16.2 Å². The van der Waals surface area contributed by atoms with E-state index in [2.05, 4.69) is 45.3 Å².